The van der Waals surface area contributed by atoms with Crippen LogP contribution in [0.2, 0.25) is 0 Å². The molecule has 1 aliphatic heterocycles. The third-order valence-electron chi connectivity index (χ3n) is 4.13. The largest absolute Gasteiger partial charge is 0.293 e. The van der Waals surface area contributed by atoms with E-state index < -0.39 is 0 Å². The van der Waals surface area contributed by atoms with Crippen molar-refractivity contribution in [2.45, 2.75) is 32.7 Å². The second-order valence-electron chi connectivity index (χ2n) is 6.87. The van der Waals surface area contributed by atoms with E-state index in [9.17, 15) is 0 Å². The minimum Gasteiger partial charge on any atom is -0.293 e. The Bertz CT molecular complexity index is 954. The molecule has 132 valence electrons. The number of anilines is 1. The highest BCUT2D eigenvalue weighted by atomic mass is 32.1. The molecule has 0 saturated carbocycles. The summed E-state index contributed by atoms with van der Waals surface area (Å²) >= 11 is 1.68. The summed E-state index contributed by atoms with van der Waals surface area (Å²) in [6.45, 7) is 6.33. The maximum atomic E-state index is 4.66. The molecule has 1 aliphatic rings. The van der Waals surface area contributed by atoms with Crippen LogP contribution in [0.25, 0.3) is 18.1 Å². The maximum Gasteiger partial charge on any atom is 0.252 e. The van der Waals surface area contributed by atoms with Gasteiger partial charge >= 0.3 is 0 Å². The zero-order valence-electron chi connectivity index (χ0n) is 15.0. The summed E-state index contributed by atoms with van der Waals surface area (Å²) in [4.78, 5) is 15.1. The Morgan fingerprint density at radius 3 is 2.46 bits per heavy atom. The van der Waals surface area contributed by atoms with Crippen molar-refractivity contribution >= 4 is 35.1 Å². The Labute approximate surface area is 156 Å². The molecule has 0 saturated heterocycles. The summed E-state index contributed by atoms with van der Waals surface area (Å²) in [5.74, 6) is 1.76. The number of hydrazone groups is 1. The fourth-order valence-electron chi connectivity index (χ4n) is 3.02. The Hall–Kier alpha value is -2.80. The molecule has 4 heterocycles. The van der Waals surface area contributed by atoms with Crippen LogP contribution in [0.5, 0.6) is 0 Å². The zero-order valence-corrected chi connectivity index (χ0v) is 15.8. The van der Waals surface area contributed by atoms with E-state index in [4.69, 9.17) is 0 Å². The fraction of sp³-hybridized carbons (Fsp3) is 0.263. The van der Waals surface area contributed by atoms with E-state index in [1.165, 1.54) is 0 Å². The van der Waals surface area contributed by atoms with Gasteiger partial charge in [0.25, 0.3) is 5.95 Å². The standard InChI is InChI=1S/C19H20N6S/c1-14-13-19(2,3)25(23-14)18-21-16(9-8-15-7-6-12-26-15)20-17(22-18)24-10-4-5-11-24/h4-12H,13H2,1-3H3/b9-8-. The molecule has 0 bridgehead atoms. The molecule has 26 heavy (non-hydrogen) atoms. The number of hydrogen-bond donors (Lipinski definition) is 0. The van der Waals surface area contributed by atoms with Crippen molar-refractivity contribution < 1.29 is 0 Å². The van der Waals surface area contributed by atoms with Gasteiger partial charge in [0.2, 0.25) is 5.95 Å². The van der Waals surface area contributed by atoms with Crippen molar-refractivity contribution in [1.82, 2.24) is 19.5 Å². The molecule has 0 aromatic carbocycles. The molecule has 0 fully saturated rings. The van der Waals surface area contributed by atoms with Gasteiger partial charge in [-0.3, -0.25) is 4.57 Å². The molecule has 0 amide bonds. The van der Waals surface area contributed by atoms with E-state index in [1.807, 2.05) is 64.6 Å². The molecular weight excluding hydrogens is 344 g/mol. The van der Waals surface area contributed by atoms with E-state index in [0.29, 0.717) is 17.7 Å². The van der Waals surface area contributed by atoms with Crippen molar-refractivity contribution in [3.8, 4) is 5.95 Å². The Balaban J connectivity index is 1.78. The van der Waals surface area contributed by atoms with E-state index in [2.05, 4.69) is 40.0 Å². The first-order valence-corrected chi connectivity index (χ1v) is 9.35. The summed E-state index contributed by atoms with van der Waals surface area (Å²) in [7, 11) is 0. The Morgan fingerprint density at radius 2 is 1.81 bits per heavy atom. The second kappa shape index (κ2) is 6.49. The Kier molecular flexibility index (Phi) is 4.16. The SMILES string of the molecule is CC1=NN(c2nc(/C=C\c3cccs3)nc(-n3cccc3)n2)C(C)(C)C1. The van der Waals surface area contributed by atoms with Crippen molar-refractivity contribution in [3.63, 3.8) is 0 Å². The summed E-state index contributed by atoms with van der Waals surface area (Å²) in [5, 5.41) is 8.60. The van der Waals surface area contributed by atoms with Gasteiger partial charge < -0.3 is 0 Å². The van der Waals surface area contributed by atoms with Crippen molar-refractivity contribution in [3.05, 3.63) is 52.7 Å². The lowest BCUT2D eigenvalue weighted by Crippen LogP contribution is -2.37. The summed E-state index contributed by atoms with van der Waals surface area (Å²) in [5.41, 5.74) is 0.919. The lowest BCUT2D eigenvalue weighted by atomic mass is 9.99. The summed E-state index contributed by atoms with van der Waals surface area (Å²) < 4.78 is 1.88. The van der Waals surface area contributed by atoms with E-state index in [-0.39, 0.29) is 5.54 Å². The molecule has 0 N–H and O–H groups in total. The monoisotopic (exact) mass is 364 g/mol. The van der Waals surface area contributed by atoms with Crippen LogP contribution in [-0.4, -0.2) is 30.8 Å². The van der Waals surface area contributed by atoms with E-state index in [0.717, 1.165) is 17.0 Å². The average Bonchev–Trinajstić information content (AvgIpc) is 3.33. The van der Waals surface area contributed by atoms with Gasteiger partial charge in [0.05, 0.1) is 5.54 Å². The molecule has 0 radical (unpaired) electrons. The van der Waals surface area contributed by atoms with Crippen molar-refractivity contribution in [2.75, 3.05) is 5.01 Å². The second-order valence-corrected chi connectivity index (χ2v) is 7.85. The number of aromatic nitrogens is 4. The van der Waals surface area contributed by atoms with Gasteiger partial charge in [0, 0.05) is 29.4 Å². The molecule has 0 atom stereocenters. The van der Waals surface area contributed by atoms with Gasteiger partial charge in [-0.25, -0.2) is 5.01 Å². The Morgan fingerprint density at radius 1 is 1.04 bits per heavy atom. The van der Waals surface area contributed by atoms with E-state index >= 15 is 0 Å². The molecular formula is C19H20N6S. The van der Waals surface area contributed by atoms with Crippen LogP contribution in [-0.2, 0) is 0 Å². The van der Waals surface area contributed by atoms with Crippen LogP contribution >= 0.6 is 11.3 Å². The van der Waals surface area contributed by atoms with Gasteiger partial charge in [0.15, 0.2) is 5.82 Å². The highest BCUT2D eigenvalue weighted by molar-refractivity contribution is 7.10. The highest BCUT2D eigenvalue weighted by Gasteiger charge is 2.35. The maximum absolute atomic E-state index is 4.66. The number of rotatable bonds is 4. The molecule has 3 aromatic heterocycles. The number of thiophene rings is 1. The molecule has 4 rings (SSSR count). The molecule has 0 unspecified atom stereocenters. The normalized spacial score (nSPS) is 16.4. The lowest BCUT2D eigenvalue weighted by Gasteiger charge is -2.28. The minimum atomic E-state index is -0.159. The van der Waals surface area contributed by atoms with Crippen LogP contribution < -0.4 is 5.01 Å². The van der Waals surface area contributed by atoms with E-state index in [1.54, 1.807) is 11.3 Å². The van der Waals surface area contributed by atoms with Gasteiger partial charge in [-0.05, 0) is 56.5 Å². The molecule has 3 aromatic rings. The third-order valence-corrected chi connectivity index (χ3v) is 4.96. The van der Waals surface area contributed by atoms with Crippen LogP contribution in [0.4, 0.5) is 5.95 Å². The molecule has 0 spiro atoms. The molecule has 6 nitrogen and oxygen atoms in total. The van der Waals surface area contributed by atoms with Crippen molar-refractivity contribution in [1.29, 1.82) is 0 Å². The van der Waals surface area contributed by atoms with Crippen LogP contribution in [0.3, 0.4) is 0 Å². The van der Waals surface area contributed by atoms with Gasteiger partial charge in [0.1, 0.15) is 0 Å². The minimum absolute atomic E-state index is 0.159. The summed E-state index contributed by atoms with van der Waals surface area (Å²) in [6.07, 6.45) is 8.68. The lowest BCUT2D eigenvalue weighted by molar-refractivity contribution is 0.504. The molecule has 7 heteroatoms. The molecule has 0 aliphatic carbocycles. The van der Waals surface area contributed by atoms with Gasteiger partial charge in [-0.15, -0.1) is 11.3 Å². The van der Waals surface area contributed by atoms with Gasteiger partial charge in [-0.2, -0.15) is 20.1 Å². The fourth-order valence-corrected chi connectivity index (χ4v) is 3.64. The third kappa shape index (κ3) is 3.30. The smallest absolute Gasteiger partial charge is 0.252 e. The quantitative estimate of drug-likeness (QED) is 0.694. The summed E-state index contributed by atoms with van der Waals surface area (Å²) in [6, 6.07) is 7.99. The topological polar surface area (TPSA) is 59.2 Å². The average molecular weight is 364 g/mol. The van der Waals surface area contributed by atoms with Gasteiger partial charge in [-0.1, -0.05) is 6.07 Å². The van der Waals surface area contributed by atoms with Crippen LogP contribution in [0, 0.1) is 0 Å². The number of nitrogens with zero attached hydrogens (tertiary/aromatic N) is 6. The van der Waals surface area contributed by atoms with Crippen LogP contribution in [0.15, 0.2) is 47.1 Å². The number of hydrogen-bond acceptors (Lipinski definition) is 6. The van der Waals surface area contributed by atoms with Crippen LogP contribution in [0.1, 0.15) is 37.9 Å². The first-order chi connectivity index (χ1) is 12.5. The zero-order chi connectivity index (χ0) is 18.1. The van der Waals surface area contributed by atoms with Crippen molar-refractivity contribution in [2.24, 2.45) is 5.10 Å². The highest BCUT2D eigenvalue weighted by Crippen LogP contribution is 2.30. The predicted molar refractivity (Wildman–Crippen MR) is 107 cm³/mol. The first kappa shape index (κ1) is 16.7. The first-order valence-electron chi connectivity index (χ1n) is 8.47. The predicted octanol–water partition coefficient (Wildman–Crippen LogP) is 4.26.